The molecule has 1 N–H and O–H groups in total. The highest BCUT2D eigenvalue weighted by molar-refractivity contribution is 6.32. The highest BCUT2D eigenvalue weighted by atomic mass is 35.5. The molecule has 190 valence electrons. The summed E-state index contributed by atoms with van der Waals surface area (Å²) in [4.78, 5) is 54.4. The Balaban J connectivity index is 1.43. The second-order valence-corrected chi connectivity index (χ2v) is 9.62. The average molecular weight is 533 g/mol. The van der Waals surface area contributed by atoms with Crippen molar-refractivity contribution in [3.05, 3.63) is 105 Å². The molecule has 3 amide bonds. The van der Waals surface area contributed by atoms with Gasteiger partial charge in [-0.3, -0.25) is 24.5 Å². The maximum Gasteiger partial charge on any atom is 0.289 e. The summed E-state index contributed by atoms with van der Waals surface area (Å²) in [5.74, 6) is -4.73. The van der Waals surface area contributed by atoms with Crippen molar-refractivity contribution in [2.45, 2.75) is 12.1 Å². The first-order valence-electron chi connectivity index (χ1n) is 11.7. The normalized spacial score (nSPS) is 23.2. The van der Waals surface area contributed by atoms with Gasteiger partial charge in [0.15, 0.2) is 0 Å². The van der Waals surface area contributed by atoms with Crippen LogP contribution in [0.15, 0.2) is 72.9 Å². The lowest BCUT2D eigenvalue weighted by Crippen LogP contribution is -2.46. The molecule has 4 atom stereocenters. The number of anilines is 2. The lowest BCUT2D eigenvalue weighted by molar-refractivity contribution is -0.384. The van der Waals surface area contributed by atoms with Crippen molar-refractivity contribution in [1.29, 1.82) is 0 Å². The SMILES string of the molecule is O=C(Nc1ccc(Cl)c([N+](=O)[O-])c1)C1C2C(=O)N(c3ccccc3F)C(=O)C2C2c3ccccc3C=CN12. The minimum Gasteiger partial charge on any atom is -0.357 e. The molecule has 11 heteroatoms. The molecule has 0 radical (unpaired) electrons. The molecule has 6 rings (SSSR count). The van der Waals surface area contributed by atoms with Crippen LogP contribution in [0.25, 0.3) is 6.08 Å². The number of nitro groups is 1. The molecule has 38 heavy (non-hydrogen) atoms. The molecule has 3 aromatic rings. The van der Waals surface area contributed by atoms with Gasteiger partial charge in [0.1, 0.15) is 16.9 Å². The molecule has 4 unspecified atom stereocenters. The van der Waals surface area contributed by atoms with Gasteiger partial charge >= 0.3 is 0 Å². The van der Waals surface area contributed by atoms with E-state index in [0.29, 0.717) is 0 Å². The van der Waals surface area contributed by atoms with Gasteiger partial charge in [0.25, 0.3) is 5.69 Å². The molecule has 3 heterocycles. The van der Waals surface area contributed by atoms with Crippen molar-refractivity contribution in [1.82, 2.24) is 4.90 Å². The Bertz CT molecular complexity index is 1580. The molecule has 3 aliphatic rings. The molecule has 0 aliphatic carbocycles. The fourth-order valence-corrected chi connectivity index (χ4v) is 5.86. The van der Waals surface area contributed by atoms with Crippen LogP contribution in [0.3, 0.4) is 0 Å². The van der Waals surface area contributed by atoms with E-state index in [9.17, 15) is 28.9 Å². The van der Waals surface area contributed by atoms with Gasteiger partial charge in [-0.05, 0) is 41.5 Å². The van der Waals surface area contributed by atoms with Gasteiger partial charge in [0, 0.05) is 18.0 Å². The molecular formula is C27H18ClFN4O5. The summed E-state index contributed by atoms with van der Waals surface area (Å²) in [6, 6.07) is 14.9. The fourth-order valence-electron chi connectivity index (χ4n) is 5.67. The summed E-state index contributed by atoms with van der Waals surface area (Å²) < 4.78 is 14.7. The minimum atomic E-state index is -1.14. The third-order valence-electron chi connectivity index (χ3n) is 7.23. The predicted molar refractivity (Wildman–Crippen MR) is 136 cm³/mol. The molecule has 0 bridgehead atoms. The third-order valence-corrected chi connectivity index (χ3v) is 7.55. The maximum atomic E-state index is 14.7. The fraction of sp³-hybridized carbons (Fsp3) is 0.148. The number of rotatable bonds is 4. The predicted octanol–water partition coefficient (Wildman–Crippen LogP) is 4.54. The van der Waals surface area contributed by atoms with Crippen LogP contribution >= 0.6 is 11.6 Å². The summed E-state index contributed by atoms with van der Waals surface area (Å²) in [5.41, 5.74) is 1.15. The van der Waals surface area contributed by atoms with Gasteiger partial charge in [-0.15, -0.1) is 0 Å². The number of fused-ring (bicyclic) bond motifs is 5. The summed E-state index contributed by atoms with van der Waals surface area (Å²) in [6.45, 7) is 0. The lowest BCUT2D eigenvalue weighted by Gasteiger charge is -2.35. The van der Waals surface area contributed by atoms with Crippen LogP contribution in [-0.4, -0.2) is 33.6 Å². The topological polar surface area (TPSA) is 113 Å². The number of carbonyl (C=O) groups excluding carboxylic acids is 3. The molecule has 9 nitrogen and oxygen atoms in total. The molecule has 3 aliphatic heterocycles. The second kappa shape index (κ2) is 8.77. The number of amides is 3. The number of carbonyl (C=O) groups is 3. The van der Waals surface area contributed by atoms with E-state index in [0.717, 1.165) is 28.2 Å². The molecule has 2 saturated heterocycles. The van der Waals surface area contributed by atoms with Gasteiger partial charge < -0.3 is 10.2 Å². The number of hydrogen-bond acceptors (Lipinski definition) is 6. The standard InChI is InChI=1S/C27H18ClFN4O5/c28-17-10-9-15(13-20(17)33(37)38)30-25(34)24-22-21(23-16-6-2-1-5-14(16)11-12-31(23)24)26(35)32(27(22)36)19-8-4-3-7-18(19)29/h1-13,21-24H,(H,30,34). The largest absolute Gasteiger partial charge is 0.357 e. The molecule has 2 fully saturated rings. The minimum absolute atomic E-state index is 0.0957. The summed E-state index contributed by atoms with van der Waals surface area (Å²) in [5, 5.41) is 13.9. The van der Waals surface area contributed by atoms with E-state index in [1.54, 1.807) is 23.2 Å². The molecule has 0 aromatic heterocycles. The van der Waals surface area contributed by atoms with E-state index >= 15 is 0 Å². The third kappa shape index (κ3) is 3.48. The Morgan fingerprint density at radius 2 is 1.71 bits per heavy atom. The molecular weight excluding hydrogens is 515 g/mol. The zero-order valence-electron chi connectivity index (χ0n) is 19.5. The molecule has 0 saturated carbocycles. The zero-order chi connectivity index (χ0) is 26.7. The first-order chi connectivity index (χ1) is 18.3. The quantitative estimate of drug-likeness (QED) is 0.300. The maximum absolute atomic E-state index is 14.7. The molecule has 3 aromatic carbocycles. The Morgan fingerprint density at radius 1 is 1.00 bits per heavy atom. The van der Waals surface area contributed by atoms with Crippen LogP contribution in [0, 0.1) is 27.8 Å². The number of benzene rings is 3. The monoisotopic (exact) mass is 532 g/mol. The smallest absolute Gasteiger partial charge is 0.289 e. The van der Waals surface area contributed by atoms with Crippen molar-refractivity contribution >= 4 is 52.5 Å². The number of nitrogens with zero attached hydrogens (tertiary/aromatic N) is 3. The lowest BCUT2D eigenvalue weighted by atomic mass is 9.84. The number of nitrogens with one attached hydrogen (secondary N) is 1. The van der Waals surface area contributed by atoms with Crippen LogP contribution < -0.4 is 10.2 Å². The molecule has 0 spiro atoms. The zero-order valence-corrected chi connectivity index (χ0v) is 20.2. The van der Waals surface area contributed by atoms with Crippen LogP contribution in [0.5, 0.6) is 0 Å². The van der Waals surface area contributed by atoms with Crippen molar-refractivity contribution in [2.75, 3.05) is 10.2 Å². The van der Waals surface area contributed by atoms with Gasteiger partial charge in [-0.2, -0.15) is 0 Å². The average Bonchev–Trinajstić information content (AvgIpc) is 3.38. The first kappa shape index (κ1) is 23.8. The van der Waals surface area contributed by atoms with Gasteiger partial charge in [-0.1, -0.05) is 48.0 Å². The van der Waals surface area contributed by atoms with Crippen molar-refractivity contribution < 1.29 is 23.7 Å². The first-order valence-corrected chi connectivity index (χ1v) is 12.1. The van der Waals surface area contributed by atoms with Crippen molar-refractivity contribution in [3.8, 4) is 0 Å². The van der Waals surface area contributed by atoms with E-state index in [2.05, 4.69) is 5.32 Å². The number of para-hydroxylation sites is 1. The van der Waals surface area contributed by atoms with Crippen LogP contribution in [-0.2, 0) is 14.4 Å². The van der Waals surface area contributed by atoms with E-state index in [1.165, 1.54) is 30.3 Å². The van der Waals surface area contributed by atoms with E-state index in [1.807, 2.05) is 18.2 Å². The Kier molecular flexibility index (Phi) is 5.50. The van der Waals surface area contributed by atoms with E-state index in [-0.39, 0.29) is 16.4 Å². The number of halogens is 2. The Morgan fingerprint density at radius 3 is 2.47 bits per heavy atom. The van der Waals surface area contributed by atoms with Crippen LogP contribution in [0.1, 0.15) is 17.2 Å². The van der Waals surface area contributed by atoms with E-state index < -0.39 is 58.1 Å². The summed E-state index contributed by atoms with van der Waals surface area (Å²) in [7, 11) is 0. The van der Waals surface area contributed by atoms with E-state index in [4.69, 9.17) is 11.6 Å². The Labute approximate surface area is 220 Å². The highest BCUT2D eigenvalue weighted by Gasteiger charge is 2.64. The van der Waals surface area contributed by atoms with Gasteiger partial charge in [0.05, 0.1) is 28.5 Å². The van der Waals surface area contributed by atoms with Crippen LogP contribution in [0.2, 0.25) is 5.02 Å². The van der Waals surface area contributed by atoms with Gasteiger partial charge in [-0.25, -0.2) is 9.29 Å². The summed E-state index contributed by atoms with van der Waals surface area (Å²) in [6.07, 6.45) is 3.47. The number of imide groups is 1. The Hall–Kier alpha value is -4.57. The summed E-state index contributed by atoms with van der Waals surface area (Å²) >= 11 is 5.90. The van der Waals surface area contributed by atoms with Gasteiger partial charge in [0.2, 0.25) is 17.7 Å². The number of hydrogen-bond donors (Lipinski definition) is 1. The second-order valence-electron chi connectivity index (χ2n) is 9.21. The van der Waals surface area contributed by atoms with Crippen LogP contribution in [0.4, 0.5) is 21.5 Å². The van der Waals surface area contributed by atoms with Crippen molar-refractivity contribution in [2.24, 2.45) is 11.8 Å². The number of nitro benzene ring substituents is 1. The highest BCUT2D eigenvalue weighted by Crippen LogP contribution is 2.53. The van der Waals surface area contributed by atoms with Crippen molar-refractivity contribution in [3.63, 3.8) is 0 Å².